The van der Waals surface area contributed by atoms with Gasteiger partial charge in [-0.1, -0.05) is 32.2 Å². The van der Waals surface area contributed by atoms with Gasteiger partial charge in [0.05, 0.1) is 11.4 Å². The van der Waals surface area contributed by atoms with Crippen molar-refractivity contribution in [1.29, 1.82) is 0 Å². The zero-order chi connectivity index (χ0) is 25.3. The van der Waals surface area contributed by atoms with Crippen LogP contribution in [0.3, 0.4) is 0 Å². The molecule has 2 N–H and O–H groups in total. The van der Waals surface area contributed by atoms with E-state index in [1.165, 1.54) is 6.42 Å². The van der Waals surface area contributed by atoms with Crippen LogP contribution < -0.4 is 10.2 Å². The molecule has 0 radical (unpaired) electrons. The number of aryl methyl sites for hydroxylation is 2. The highest BCUT2D eigenvalue weighted by molar-refractivity contribution is 7.15. The molecule has 0 aromatic carbocycles. The van der Waals surface area contributed by atoms with E-state index in [2.05, 4.69) is 29.8 Å². The van der Waals surface area contributed by atoms with E-state index in [1.807, 2.05) is 34.6 Å². The van der Waals surface area contributed by atoms with E-state index >= 15 is 0 Å². The lowest BCUT2D eigenvalue weighted by Gasteiger charge is -2.26. The molecule has 4 heterocycles. The Kier molecular flexibility index (Phi) is 10.5. The van der Waals surface area contributed by atoms with E-state index in [0.717, 1.165) is 48.8 Å². The standard InChI is InChI=1S/C19H20N6O3S2.2C2H6/c1-10-12(8-20-19(21-10)25-6-4-3-5-7-25)13-9-29-17(14(13)18(27)28)22-16(26)15-11(2)23-24-30-15;2*1-2/h8-9H,3-7H2,1-2H3,(H,22,26)(H,27,28);2*1-2H3. The number of amides is 1. The van der Waals surface area contributed by atoms with E-state index in [4.69, 9.17) is 0 Å². The molecule has 1 aliphatic rings. The first-order chi connectivity index (χ1) is 16.5. The maximum atomic E-state index is 12.5. The lowest BCUT2D eigenvalue weighted by molar-refractivity contribution is 0.0699. The molecule has 0 aliphatic carbocycles. The SMILES string of the molecule is CC.CC.Cc1nc(N2CCCCC2)ncc1-c1csc(NC(=O)c2snnc2C)c1C(=O)O. The minimum atomic E-state index is -1.12. The summed E-state index contributed by atoms with van der Waals surface area (Å²) in [5.74, 6) is -0.878. The fraction of sp³-hybridized carbons (Fsp3) is 0.478. The minimum absolute atomic E-state index is 0.0286. The molecule has 3 aromatic heterocycles. The number of rotatable bonds is 5. The van der Waals surface area contributed by atoms with Crippen LogP contribution in [0.2, 0.25) is 0 Å². The Bertz CT molecular complexity index is 1110. The fourth-order valence-electron chi connectivity index (χ4n) is 3.43. The summed E-state index contributed by atoms with van der Waals surface area (Å²) in [7, 11) is 0. The zero-order valence-electron chi connectivity index (χ0n) is 20.5. The molecular formula is C23H32N6O3S2. The highest BCUT2D eigenvalue weighted by atomic mass is 32.1. The number of hydrogen-bond acceptors (Lipinski definition) is 9. The van der Waals surface area contributed by atoms with Crippen LogP contribution in [-0.4, -0.2) is 49.6 Å². The quantitative estimate of drug-likeness (QED) is 0.456. The van der Waals surface area contributed by atoms with Crippen LogP contribution in [0.15, 0.2) is 11.6 Å². The molecule has 11 heteroatoms. The molecule has 184 valence electrons. The second-order valence-electron chi connectivity index (χ2n) is 7.02. The van der Waals surface area contributed by atoms with Crippen molar-refractivity contribution in [2.45, 2.75) is 60.8 Å². The van der Waals surface area contributed by atoms with Crippen molar-refractivity contribution in [3.05, 3.63) is 33.4 Å². The summed E-state index contributed by atoms with van der Waals surface area (Å²) in [5.41, 5.74) is 2.36. The third kappa shape index (κ3) is 6.15. The number of piperidine rings is 1. The molecule has 1 amide bonds. The molecule has 0 saturated carbocycles. The van der Waals surface area contributed by atoms with Gasteiger partial charge in [-0.2, -0.15) is 0 Å². The third-order valence-corrected chi connectivity index (χ3v) is 6.71. The predicted molar refractivity (Wildman–Crippen MR) is 138 cm³/mol. The second-order valence-corrected chi connectivity index (χ2v) is 8.65. The number of nitrogens with zero attached hydrogens (tertiary/aromatic N) is 5. The van der Waals surface area contributed by atoms with Crippen LogP contribution in [0.25, 0.3) is 11.1 Å². The number of carbonyl (C=O) groups excluding carboxylic acids is 1. The van der Waals surface area contributed by atoms with Gasteiger partial charge in [-0.15, -0.1) is 16.4 Å². The summed E-state index contributed by atoms with van der Waals surface area (Å²) in [6, 6.07) is 0. The first kappa shape index (κ1) is 27.3. The Balaban J connectivity index is 0.000000970. The predicted octanol–water partition coefficient (Wildman–Crippen LogP) is 5.67. The van der Waals surface area contributed by atoms with Gasteiger partial charge in [0.25, 0.3) is 5.91 Å². The van der Waals surface area contributed by atoms with Crippen molar-refractivity contribution < 1.29 is 14.7 Å². The molecule has 9 nitrogen and oxygen atoms in total. The van der Waals surface area contributed by atoms with E-state index in [0.29, 0.717) is 33.3 Å². The largest absolute Gasteiger partial charge is 0.478 e. The van der Waals surface area contributed by atoms with Gasteiger partial charge in [-0.25, -0.2) is 14.8 Å². The van der Waals surface area contributed by atoms with Gasteiger partial charge < -0.3 is 15.3 Å². The van der Waals surface area contributed by atoms with Gasteiger partial charge in [-0.3, -0.25) is 4.79 Å². The van der Waals surface area contributed by atoms with E-state index in [1.54, 1.807) is 18.5 Å². The topological polar surface area (TPSA) is 121 Å². The van der Waals surface area contributed by atoms with Gasteiger partial charge in [0.1, 0.15) is 15.4 Å². The Morgan fingerprint density at radius 1 is 1.03 bits per heavy atom. The van der Waals surface area contributed by atoms with Crippen molar-refractivity contribution in [1.82, 2.24) is 19.6 Å². The van der Waals surface area contributed by atoms with Crippen molar-refractivity contribution >= 4 is 45.7 Å². The summed E-state index contributed by atoms with van der Waals surface area (Å²) < 4.78 is 3.75. The fourth-order valence-corrected chi connectivity index (χ4v) is 4.92. The Hall–Kier alpha value is -2.92. The Morgan fingerprint density at radius 2 is 1.71 bits per heavy atom. The van der Waals surface area contributed by atoms with Crippen LogP contribution in [0, 0.1) is 13.8 Å². The Labute approximate surface area is 208 Å². The summed E-state index contributed by atoms with van der Waals surface area (Å²) in [4.78, 5) is 36.1. The molecule has 0 spiro atoms. The van der Waals surface area contributed by atoms with Crippen LogP contribution in [0.4, 0.5) is 10.9 Å². The van der Waals surface area contributed by atoms with Gasteiger partial charge in [0.15, 0.2) is 0 Å². The zero-order valence-corrected chi connectivity index (χ0v) is 22.1. The van der Waals surface area contributed by atoms with Crippen molar-refractivity contribution in [3.63, 3.8) is 0 Å². The van der Waals surface area contributed by atoms with Gasteiger partial charge in [0, 0.05) is 35.8 Å². The summed E-state index contributed by atoms with van der Waals surface area (Å²) >= 11 is 2.13. The number of aromatic nitrogens is 4. The highest BCUT2D eigenvalue weighted by Gasteiger charge is 2.25. The highest BCUT2D eigenvalue weighted by Crippen LogP contribution is 2.37. The van der Waals surface area contributed by atoms with Crippen molar-refractivity contribution in [2.75, 3.05) is 23.3 Å². The number of carbonyl (C=O) groups is 2. The minimum Gasteiger partial charge on any atom is -0.478 e. The molecule has 1 aliphatic heterocycles. The number of aromatic carboxylic acids is 1. The summed E-state index contributed by atoms with van der Waals surface area (Å²) in [6.07, 6.45) is 5.13. The van der Waals surface area contributed by atoms with E-state index in [9.17, 15) is 14.7 Å². The van der Waals surface area contributed by atoms with Crippen LogP contribution in [0.1, 0.15) is 78.4 Å². The number of hydrogen-bond donors (Lipinski definition) is 2. The molecular weight excluding hydrogens is 472 g/mol. The maximum absolute atomic E-state index is 12.5. The van der Waals surface area contributed by atoms with Crippen molar-refractivity contribution in [2.24, 2.45) is 0 Å². The smallest absolute Gasteiger partial charge is 0.339 e. The average molecular weight is 505 g/mol. The maximum Gasteiger partial charge on any atom is 0.339 e. The summed E-state index contributed by atoms with van der Waals surface area (Å²) in [5, 5.41) is 18.3. The average Bonchev–Trinajstić information content (AvgIpc) is 3.48. The normalized spacial score (nSPS) is 12.7. The van der Waals surface area contributed by atoms with Crippen LogP contribution >= 0.6 is 22.9 Å². The number of thiophene rings is 1. The van der Waals surface area contributed by atoms with Gasteiger partial charge in [-0.05, 0) is 44.6 Å². The first-order valence-corrected chi connectivity index (χ1v) is 13.1. The van der Waals surface area contributed by atoms with Gasteiger partial charge >= 0.3 is 5.97 Å². The van der Waals surface area contributed by atoms with Crippen molar-refractivity contribution in [3.8, 4) is 11.1 Å². The second kappa shape index (κ2) is 13.1. The molecule has 0 atom stereocenters. The van der Waals surface area contributed by atoms with Crippen LogP contribution in [0.5, 0.6) is 0 Å². The number of nitrogens with one attached hydrogen (secondary N) is 1. The third-order valence-electron chi connectivity index (χ3n) is 4.99. The molecule has 0 bridgehead atoms. The number of anilines is 2. The number of carboxylic acids is 1. The van der Waals surface area contributed by atoms with Gasteiger partial charge in [0.2, 0.25) is 5.95 Å². The molecule has 34 heavy (non-hydrogen) atoms. The van der Waals surface area contributed by atoms with E-state index in [-0.39, 0.29) is 10.6 Å². The molecule has 1 saturated heterocycles. The molecule has 1 fully saturated rings. The first-order valence-electron chi connectivity index (χ1n) is 11.5. The lowest BCUT2D eigenvalue weighted by atomic mass is 10.0. The monoisotopic (exact) mass is 504 g/mol. The molecule has 0 unspecified atom stereocenters. The van der Waals surface area contributed by atoms with E-state index < -0.39 is 11.9 Å². The molecule has 4 rings (SSSR count). The summed E-state index contributed by atoms with van der Waals surface area (Å²) in [6.45, 7) is 13.4. The molecule has 3 aromatic rings. The number of carboxylic acid groups (broad SMARTS) is 1. The lowest BCUT2D eigenvalue weighted by Crippen LogP contribution is -2.31. The Morgan fingerprint density at radius 3 is 2.26 bits per heavy atom. The van der Waals surface area contributed by atoms with Crippen LogP contribution in [-0.2, 0) is 0 Å².